The van der Waals surface area contributed by atoms with Crippen molar-refractivity contribution in [1.29, 1.82) is 0 Å². The molecule has 0 bridgehead atoms. The van der Waals surface area contributed by atoms with Crippen LogP contribution in [0.3, 0.4) is 0 Å². The van der Waals surface area contributed by atoms with E-state index in [0.29, 0.717) is 16.3 Å². The Morgan fingerprint density at radius 3 is 2.52 bits per heavy atom. The average molecular weight is 359 g/mol. The largest absolute Gasteiger partial charge is 0.383 e. The molecule has 3 N–H and O–H groups in total. The molecule has 25 heavy (non-hydrogen) atoms. The summed E-state index contributed by atoms with van der Waals surface area (Å²) in [6.07, 6.45) is 0. The predicted molar refractivity (Wildman–Crippen MR) is 91.6 cm³/mol. The van der Waals surface area contributed by atoms with Gasteiger partial charge in [-0.05, 0) is 42.5 Å². The van der Waals surface area contributed by atoms with Crippen molar-refractivity contribution in [3.05, 3.63) is 76.7 Å². The third-order valence-electron chi connectivity index (χ3n) is 3.30. The van der Waals surface area contributed by atoms with E-state index in [-0.39, 0.29) is 11.5 Å². The normalized spacial score (nSPS) is 11.4. The summed E-state index contributed by atoms with van der Waals surface area (Å²) >= 11 is 5.84. The first-order chi connectivity index (χ1) is 12.0. The third-order valence-corrected chi connectivity index (χ3v) is 3.56. The predicted octanol–water partition coefficient (Wildman–Crippen LogP) is 3.35. The molecular formula is C17H12ClFN4O2. The summed E-state index contributed by atoms with van der Waals surface area (Å²) in [7, 11) is 0. The van der Waals surface area contributed by atoms with Crippen LogP contribution in [0.1, 0.15) is 16.1 Å². The number of hydrogen-bond donors (Lipinski definition) is 2. The van der Waals surface area contributed by atoms with Gasteiger partial charge in [-0.3, -0.25) is 5.10 Å². The summed E-state index contributed by atoms with van der Waals surface area (Å²) in [4.78, 5) is 16.8. The van der Waals surface area contributed by atoms with Crippen LogP contribution in [0, 0.1) is 5.82 Å². The highest BCUT2D eigenvalue weighted by molar-refractivity contribution is 6.30. The first kappa shape index (κ1) is 16.7. The van der Waals surface area contributed by atoms with Gasteiger partial charge in [0.15, 0.2) is 5.84 Å². The zero-order chi connectivity index (χ0) is 17.8. The van der Waals surface area contributed by atoms with E-state index in [1.165, 1.54) is 30.3 Å². The molecule has 0 saturated carbocycles. The first-order valence-corrected chi connectivity index (χ1v) is 7.53. The Morgan fingerprint density at radius 1 is 1.16 bits per heavy atom. The summed E-state index contributed by atoms with van der Waals surface area (Å²) in [5, 5.41) is 10.8. The monoisotopic (exact) mass is 358 g/mol. The Bertz CT molecular complexity index is 921. The topological polar surface area (TPSA) is 93.4 Å². The Kier molecular flexibility index (Phi) is 4.76. The zero-order valence-corrected chi connectivity index (χ0v) is 13.5. The van der Waals surface area contributed by atoms with Gasteiger partial charge in [0.1, 0.15) is 11.5 Å². The molecule has 0 aliphatic heterocycles. The molecule has 0 saturated heterocycles. The molecule has 0 spiro atoms. The molecule has 0 atom stereocenters. The van der Waals surface area contributed by atoms with Crippen LogP contribution < -0.4 is 5.73 Å². The number of carbonyl (C=O) groups is 1. The third kappa shape index (κ3) is 4.02. The number of hydrogen-bond acceptors (Lipinski definition) is 4. The Balaban J connectivity index is 1.70. The molecule has 0 fully saturated rings. The van der Waals surface area contributed by atoms with Gasteiger partial charge in [-0.2, -0.15) is 5.10 Å². The molecule has 0 aliphatic carbocycles. The standard InChI is InChI=1S/C17H12ClFN4O2/c18-12-5-1-10(2-6-12)14-9-15(22-21-14)17(24)25-23-16(20)11-3-7-13(19)8-4-11/h1-9H,(H2,20,23)(H,21,22). The second-order valence-corrected chi connectivity index (χ2v) is 5.47. The van der Waals surface area contributed by atoms with Crippen LogP contribution in [0.4, 0.5) is 4.39 Å². The van der Waals surface area contributed by atoms with E-state index in [1.54, 1.807) is 24.3 Å². The lowest BCUT2D eigenvalue weighted by Crippen LogP contribution is -2.15. The van der Waals surface area contributed by atoms with Crippen molar-refractivity contribution in [2.24, 2.45) is 10.9 Å². The smallest absolute Gasteiger partial charge is 0.380 e. The number of carbonyl (C=O) groups excluding carboxylic acids is 1. The number of H-pyrrole nitrogens is 1. The van der Waals surface area contributed by atoms with Gasteiger partial charge in [0.25, 0.3) is 0 Å². The van der Waals surface area contributed by atoms with E-state index in [4.69, 9.17) is 22.2 Å². The minimum atomic E-state index is -0.752. The molecule has 0 amide bonds. The highest BCUT2D eigenvalue weighted by Crippen LogP contribution is 2.20. The fraction of sp³-hybridized carbons (Fsp3) is 0. The molecule has 3 rings (SSSR count). The molecule has 0 unspecified atom stereocenters. The fourth-order valence-electron chi connectivity index (χ4n) is 2.01. The van der Waals surface area contributed by atoms with Gasteiger partial charge in [-0.15, -0.1) is 0 Å². The van der Waals surface area contributed by atoms with E-state index < -0.39 is 11.8 Å². The molecule has 0 radical (unpaired) electrons. The van der Waals surface area contributed by atoms with Crippen LogP contribution in [0.2, 0.25) is 5.02 Å². The number of rotatable bonds is 4. The van der Waals surface area contributed by atoms with Crippen LogP contribution >= 0.6 is 11.6 Å². The molecular weight excluding hydrogens is 347 g/mol. The van der Waals surface area contributed by atoms with Crippen molar-refractivity contribution < 1.29 is 14.0 Å². The molecule has 3 aromatic rings. The molecule has 2 aromatic carbocycles. The van der Waals surface area contributed by atoms with Gasteiger partial charge >= 0.3 is 5.97 Å². The van der Waals surface area contributed by atoms with Crippen LogP contribution in [-0.2, 0) is 4.84 Å². The van der Waals surface area contributed by atoms with Crippen molar-refractivity contribution in [3.63, 3.8) is 0 Å². The quantitative estimate of drug-likeness (QED) is 0.324. The van der Waals surface area contributed by atoms with E-state index >= 15 is 0 Å². The van der Waals surface area contributed by atoms with Gasteiger partial charge in [0.2, 0.25) is 0 Å². The second-order valence-electron chi connectivity index (χ2n) is 5.04. The molecule has 6 nitrogen and oxygen atoms in total. The number of aromatic nitrogens is 2. The van der Waals surface area contributed by atoms with Crippen LogP contribution in [0.15, 0.2) is 59.8 Å². The summed E-state index contributed by atoms with van der Waals surface area (Å²) < 4.78 is 12.9. The first-order valence-electron chi connectivity index (χ1n) is 7.15. The van der Waals surface area contributed by atoms with E-state index in [9.17, 15) is 9.18 Å². The molecule has 0 aliphatic rings. The number of amidine groups is 1. The van der Waals surface area contributed by atoms with Crippen molar-refractivity contribution in [3.8, 4) is 11.3 Å². The van der Waals surface area contributed by atoms with Crippen LogP contribution in [-0.4, -0.2) is 22.0 Å². The number of aromatic amines is 1. The van der Waals surface area contributed by atoms with Gasteiger partial charge in [0.05, 0.1) is 5.69 Å². The van der Waals surface area contributed by atoms with Gasteiger partial charge in [-0.1, -0.05) is 28.9 Å². The van der Waals surface area contributed by atoms with Crippen molar-refractivity contribution in [2.45, 2.75) is 0 Å². The maximum absolute atomic E-state index is 12.9. The lowest BCUT2D eigenvalue weighted by Gasteiger charge is -2.00. The van der Waals surface area contributed by atoms with Gasteiger partial charge in [0, 0.05) is 16.1 Å². The molecule has 1 heterocycles. The van der Waals surface area contributed by atoms with Crippen LogP contribution in [0.25, 0.3) is 11.3 Å². The Hall–Kier alpha value is -3.19. The highest BCUT2D eigenvalue weighted by Gasteiger charge is 2.13. The maximum Gasteiger partial charge on any atom is 0.383 e. The van der Waals surface area contributed by atoms with Crippen LogP contribution in [0.5, 0.6) is 0 Å². The summed E-state index contributed by atoms with van der Waals surface area (Å²) in [5.74, 6) is -1.20. The SMILES string of the molecule is N/C(=N\OC(=O)c1cc(-c2ccc(Cl)cc2)n[nH]1)c1ccc(F)cc1. The van der Waals surface area contributed by atoms with E-state index in [0.717, 1.165) is 5.56 Å². The maximum atomic E-state index is 12.9. The number of nitrogens with two attached hydrogens (primary N) is 1. The molecule has 1 aromatic heterocycles. The fourth-order valence-corrected chi connectivity index (χ4v) is 2.13. The second kappa shape index (κ2) is 7.14. The lowest BCUT2D eigenvalue weighted by atomic mass is 10.1. The Morgan fingerprint density at radius 2 is 1.84 bits per heavy atom. The average Bonchev–Trinajstić information content (AvgIpc) is 3.11. The van der Waals surface area contributed by atoms with E-state index in [2.05, 4.69) is 15.4 Å². The number of oxime groups is 1. The minimum Gasteiger partial charge on any atom is -0.380 e. The molecule has 126 valence electrons. The Labute approximate surface area is 147 Å². The van der Waals surface area contributed by atoms with Gasteiger partial charge in [-0.25, -0.2) is 9.18 Å². The number of nitrogens with zero attached hydrogens (tertiary/aromatic N) is 2. The van der Waals surface area contributed by atoms with E-state index in [1.807, 2.05) is 0 Å². The lowest BCUT2D eigenvalue weighted by molar-refractivity contribution is 0.0509. The van der Waals surface area contributed by atoms with Crippen molar-refractivity contribution in [2.75, 3.05) is 0 Å². The van der Waals surface area contributed by atoms with Gasteiger partial charge < -0.3 is 10.6 Å². The number of nitrogens with one attached hydrogen (secondary N) is 1. The van der Waals surface area contributed by atoms with Crippen molar-refractivity contribution in [1.82, 2.24) is 10.2 Å². The minimum absolute atomic E-state index is 0.0502. The number of benzene rings is 2. The summed E-state index contributed by atoms with van der Waals surface area (Å²) in [6.45, 7) is 0. The highest BCUT2D eigenvalue weighted by atomic mass is 35.5. The number of halogens is 2. The van der Waals surface area contributed by atoms with Crippen molar-refractivity contribution >= 4 is 23.4 Å². The zero-order valence-electron chi connectivity index (χ0n) is 12.7. The molecule has 8 heteroatoms. The summed E-state index contributed by atoms with van der Waals surface area (Å²) in [5.41, 5.74) is 7.58. The summed E-state index contributed by atoms with van der Waals surface area (Å²) in [6, 6.07) is 13.8.